The topological polar surface area (TPSA) is 78.0 Å². The van der Waals surface area contributed by atoms with Crippen LogP contribution in [0.25, 0.3) is 0 Å². The van der Waals surface area contributed by atoms with E-state index in [1.165, 1.54) is 0 Å². The van der Waals surface area contributed by atoms with Gasteiger partial charge in [-0.15, -0.1) is 0 Å². The van der Waals surface area contributed by atoms with Crippen LogP contribution in [-0.4, -0.2) is 18.0 Å². The molecule has 0 fully saturated rings. The standard InChI is InChI=1S/C11H21N3O2S/c1-4-5-10-13-11(17(12,15)16)8-14(10)7-6-9(2)3/h8-9H,4-7H2,1-3H3,(H2,12,15,16). The highest BCUT2D eigenvalue weighted by atomic mass is 32.2. The van der Waals surface area contributed by atoms with E-state index in [4.69, 9.17) is 5.14 Å². The van der Waals surface area contributed by atoms with Crippen molar-refractivity contribution in [2.45, 2.75) is 51.6 Å². The number of aryl methyl sites for hydroxylation is 2. The maximum absolute atomic E-state index is 11.2. The molecular formula is C11H21N3O2S. The molecule has 17 heavy (non-hydrogen) atoms. The molecule has 0 atom stereocenters. The quantitative estimate of drug-likeness (QED) is 0.841. The third kappa shape index (κ3) is 4.12. The molecule has 1 heterocycles. The number of nitrogens with two attached hydrogens (primary N) is 1. The Hall–Kier alpha value is -0.880. The summed E-state index contributed by atoms with van der Waals surface area (Å²) in [5, 5.41) is 5.06. The second kappa shape index (κ2) is 5.64. The van der Waals surface area contributed by atoms with Gasteiger partial charge in [0.15, 0.2) is 5.03 Å². The summed E-state index contributed by atoms with van der Waals surface area (Å²) >= 11 is 0. The van der Waals surface area contributed by atoms with Crippen molar-refractivity contribution in [2.75, 3.05) is 0 Å². The number of rotatable bonds is 6. The Kier molecular flexibility index (Phi) is 4.70. The van der Waals surface area contributed by atoms with Crippen molar-refractivity contribution in [3.63, 3.8) is 0 Å². The minimum atomic E-state index is -3.69. The molecule has 0 aliphatic rings. The normalized spacial score (nSPS) is 12.3. The zero-order valence-electron chi connectivity index (χ0n) is 10.7. The van der Waals surface area contributed by atoms with E-state index < -0.39 is 10.0 Å². The van der Waals surface area contributed by atoms with Gasteiger partial charge in [-0.3, -0.25) is 0 Å². The van der Waals surface area contributed by atoms with E-state index in [0.717, 1.165) is 31.6 Å². The lowest BCUT2D eigenvalue weighted by molar-refractivity contribution is 0.503. The zero-order valence-corrected chi connectivity index (χ0v) is 11.5. The Labute approximate surface area is 103 Å². The van der Waals surface area contributed by atoms with Crippen molar-refractivity contribution >= 4 is 10.0 Å². The van der Waals surface area contributed by atoms with E-state index in [1.54, 1.807) is 6.20 Å². The van der Waals surface area contributed by atoms with Crippen molar-refractivity contribution < 1.29 is 8.42 Å². The van der Waals surface area contributed by atoms with Crippen LogP contribution in [0.3, 0.4) is 0 Å². The third-order valence-electron chi connectivity index (χ3n) is 2.55. The molecule has 0 spiro atoms. The van der Waals surface area contributed by atoms with Gasteiger partial charge in [0.2, 0.25) is 0 Å². The first-order valence-corrected chi connectivity index (χ1v) is 7.48. The molecule has 0 unspecified atom stereocenters. The lowest BCUT2D eigenvalue weighted by Gasteiger charge is -2.08. The number of primary sulfonamides is 1. The summed E-state index contributed by atoms with van der Waals surface area (Å²) in [6.45, 7) is 7.10. The second-order valence-corrected chi connectivity index (χ2v) is 6.17. The summed E-state index contributed by atoms with van der Waals surface area (Å²) in [5.41, 5.74) is 0. The number of hydrogen-bond donors (Lipinski definition) is 1. The Morgan fingerprint density at radius 2 is 2.12 bits per heavy atom. The summed E-state index contributed by atoms with van der Waals surface area (Å²) in [6.07, 6.45) is 4.25. The first kappa shape index (κ1) is 14.2. The van der Waals surface area contributed by atoms with Crippen LogP contribution in [0.15, 0.2) is 11.2 Å². The van der Waals surface area contributed by atoms with Crippen molar-refractivity contribution in [1.29, 1.82) is 0 Å². The maximum atomic E-state index is 11.2. The van der Waals surface area contributed by atoms with E-state index in [9.17, 15) is 8.42 Å². The van der Waals surface area contributed by atoms with Gasteiger partial charge in [-0.05, 0) is 18.8 Å². The molecule has 2 N–H and O–H groups in total. The number of imidazole rings is 1. The molecule has 0 aliphatic carbocycles. The fourth-order valence-corrected chi connectivity index (χ4v) is 2.09. The Morgan fingerprint density at radius 3 is 2.59 bits per heavy atom. The first-order chi connectivity index (χ1) is 7.84. The second-order valence-electron chi connectivity index (χ2n) is 4.67. The van der Waals surface area contributed by atoms with Gasteiger partial charge in [-0.25, -0.2) is 18.5 Å². The van der Waals surface area contributed by atoms with Crippen LogP contribution in [0.1, 0.15) is 39.4 Å². The van der Waals surface area contributed by atoms with E-state index in [-0.39, 0.29) is 5.03 Å². The highest BCUT2D eigenvalue weighted by molar-refractivity contribution is 7.89. The first-order valence-electron chi connectivity index (χ1n) is 5.93. The smallest absolute Gasteiger partial charge is 0.257 e. The van der Waals surface area contributed by atoms with Crippen LogP contribution < -0.4 is 5.14 Å². The highest BCUT2D eigenvalue weighted by Gasteiger charge is 2.15. The van der Waals surface area contributed by atoms with Crippen LogP contribution in [0.2, 0.25) is 0 Å². The van der Waals surface area contributed by atoms with Crippen LogP contribution in [0.5, 0.6) is 0 Å². The van der Waals surface area contributed by atoms with E-state index in [0.29, 0.717) is 5.92 Å². The number of sulfonamides is 1. The van der Waals surface area contributed by atoms with Gasteiger partial charge in [0.05, 0.1) is 0 Å². The van der Waals surface area contributed by atoms with E-state index in [2.05, 4.69) is 18.8 Å². The van der Waals surface area contributed by atoms with E-state index >= 15 is 0 Å². The van der Waals surface area contributed by atoms with Gasteiger partial charge in [0.1, 0.15) is 5.82 Å². The molecular weight excluding hydrogens is 238 g/mol. The summed E-state index contributed by atoms with van der Waals surface area (Å²) in [7, 11) is -3.69. The molecule has 0 aromatic carbocycles. The Morgan fingerprint density at radius 1 is 1.47 bits per heavy atom. The fraction of sp³-hybridized carbons (Fsp3) is 0.727. The summed E-state index contributed by atoms with van der Waals surface area (Å²) in [6, 6.07) is 0. The zero-order chi connectivity index (χ0) is 13.1. The largest absolute Gasteiger partial charge is 0.333 e. The average molecular weight is 259 g/mol. The van der Waals surface area contributed by atoms with Gasteiger partial charge in [0, 0.05) is 19.2 Å². The summed E-state index contributed by atoms with van der Waals surface area (Å²) in [4.78, 5) is 4.10. The van der Waals surface area contributed by atoms with Gasteiger partial charge < -0.3 is 4.57 Å². The van der Waals surface area contributed by atoms with Crippen LogP contribution in [0, 0.1) is 5.92 Å². The molecule has 1 aromatic heterocycles. The summed E-state index contributed by atoms with van der Waals surface area (Å²) < 4.78 is 24.4. The molecule has 0 saturated heterocycles. The van der Waals surface area contributed by atoms with Gasteiger partial charge in [-0.1, -0.05) is 20.8 Å². The van der Waals surface area contributed by atoms with Crippen molar-refractivity contribution in [2.24, 2.45) is 11.1 Å². The maximum Gasteiger partial charge on any atom is 0.257 e. The molecule has 98 valence electrons. The third-order valence-corrected chi connectivity index (χ3v) is 3.33. The Bertz CT molecular complexity index is 463. The molecule has 0 saturated carbocycles. The average Bonchev–Trinajstić information content (AvgIpc) is 2.58. The van der Waals surface area contributed by atoms with Gasteiger partial charge in [0.25, 0.3) is 10.0 Å². The SMILES string of the molecule is CCCc1nc(S(N)(=O)=O)cn1CCC(C)C. The van der Waals surface area contributed by atoms with Crippen molar-refractivity contribution in [1.82, 2.24) is 9.55 Å². The molecule has 1 rings (SSSR count). The predicted octanol–water partition coefficient (Wildman–Crippen LogP) is 1.53. The molecule has 5 nitrogen and oxygen atoms in total. The monoisotopic (exact) mass is 259 g/mol. The highest BCUT2D eigenvalue weighted by Crippen LogP contribution is 2.12. The molecule has 0 bridgehead atoms. The number of aromatic nitrogens is 2. The fourth-order valence-electron chi connectivity index (χ4n) is 1.58. The van der Waals surface area contributed by atoms with E-state index in [1.807, 2.05) is 11.5 Å². The van der Waals surface area contributed by atoms with Gasteiger partial charge in [-0.2, -0.15) is 0 Å². The Balaban J connectivity index is 2.97. The van der Waals surface area contributed by atoms with Crippen molar-refractivity contribution in [3.8, 4) is 0 Å². The minimum absolute atomic E-state index is 0.0234. The van der Waals surface area contributed by atoms with Crippen molar-refractivity contribution in [3.05, 3.63) is 12.0 Å². The van der Waals surface area contributed by atoms with Crippen LogP contribution in [0.4, 0.5) is 0 Å². The lowest BCUT2D eigenvalue weighted by atomic mass is 10.1. The molecule has 0 radical (unpaired) electrons. The number of hydrogen-bond acceptors (Lipinski definition) is 3. The van der Waals surface area contributed by atoms with Gasteiger partial charge >= 0.3 is 0 Å². The summed E-state index contributed by atoms with van der Waals surface area (Å²) in [5.74, 6) is 1.38. The molecule has 0 aliphatic heterocycles. The predicted molar refractivity (Wildman–Crippen MR) is 67.1 cm³/mol. The molecule has 6 heteroatoms. The van der Waals surface area contributed by atoms with Crippen LogP contribution in [-0.2, 0) is 23.0 Å². The number of nitrogens with zero attached hydrogens (tertiary/aromatic N) is 2. The van der Waals surface area contributed by atoms with Crippen LogP contribution >= 0.6 is 0 Å². The lowest BCUT2D eigenvalue weighted by Crippen LogP contribution is -2.12. The molecule has 1 aromatic rings. The molecule has 0 amide bonds. The minimum Gasteiger partial charge on any atom is -0.333 e.